The van der Waals surface area contributed by atoms with Gasteiger partial charge in [0, 0.05) is 18.5 Å². The van der Waals surface area contributed by atoms with E-state index in [9.17, 15) is 4.79 Å². The molecule has 0 fully saturated rings. The van der Waals surface area contributed by atoms with E-state index >= 15 is 0 Å². The molecule has 0 spiro atoms. The van der Waals surface area contributed by atoms with E-state index in [1.54, 1.807) is 0 Å². The summed E-state index contributed by atoms with van der Waals surface area (Å²) in [7, 11) is 1.42. The number of nitrogens with zero attached hydrogens (tertiary/aromatic N) is 6. The van der Waals surface area contributed by atoms with Gasteiger partial charge in [-0.25, -0.2) is 14.5 Å². The molecule has 0 radical (unpaired) electrons. The van der Waals surface area contributed by atoms with E-state index in [1.165, 1.54) is 7.11 Å². The van der Waals surface area contributed by atoms with E-state index in [0.29, 0.717) is 24.5 Å². The third-order valence-electron chi connectivity index (χ3n) is 9.44. The molecule has 0 N–H and O–H groups in total. The average Bonchev–Trinajstić information content (AvgIpc) is 3.82. The summed E-state index contributed by atoms with van der Waals surface area (Å²) < 4.78 is 9.16. The number of carbonyl (C=O) groups is 1. The lowest BCUT2D eigenvalue weighted by Crippen LogP contribution is -2.39. The largest absolute Gasteiger partial charge is 0.464 e. The van der Waals surface area contributed by atoms with Gasteiger partial charge >= 0.3 is 5.97 Å². The van der Waals surface area contributed by atoms with Gasteiger partial charge in [0.05, 0.1) is 12.8 Å². The van der Waals surface area contributed by atoms with Crippen molar-refractivity contribution in [2.75, 3.05) is 7.11 Å². The second-order valence-corrected chi connectivity index (χ2v) is 12.5. The van der Waals surface area contributed by atoms with E-state index in [0.717, 1.165) is 63.3 Å². The third kappa shape index (κ3) is 6.14. The fraction of sp³-hybridized carbons (Fsp3) is 0.186. The molecule has 0 aliphatic carbocycles. The van der Waals surface area contributed by atoms with Crippen LogP contribution in [0.4, 0.5) is 0 Å². The average molecular weight is 673 g/mol. The Balaban J connectivity index is 1.34. The molecule has 7 aromatic rings. The van der Waals surface area contributed by atoms with Crippen LogP contribution in [-0.4, -0.2) is 42.8 Å². The van der Waals surface area contributed by atoms with Gasteiger partial charge in [-0.05, 0) is 56.6 Å². The van der Waals surface area contributed by atoms with Gasteiger partial charge in [0.25, 0.3) is 0 Å². The van der Waals surface area contributed by atoms with E-state index in [1.807, 2.05) is 46.5 Å². The number of benzene rings is 5. The van der Waals surface area contributed by atoms with Crippen molar-refractivity contribution < 1.29 is 9.53 Å². The summed E-state index contributed by atoms with van der Waals surface area (Å²) in [5.74, 6) is 1.18. The number of hydrogen-bond donors (Lipinski definition) is 0. The Morgan fingerprint density at radius 2 is 1.25 bits per heavy atom. The predicted molar refractivity (Wildman–Crippen MR) is 199 cm³/mol. The first-order valence-electron chi connectivity index (χ1n) is 17.4. The minimum Gasteiger partial charge on any atom is -0.464 e. The summed E-state index contributed by atoms with van der Waals surface area (Å²) in [5.41, 5.74) is 7.54. The first-order valence-corrected chi connectivity index (χ1v) is 17.4. The Morgan fingerprint density at radius 3 is 1.78 bits per heavy atom. The molecule has 0 bridgehead atoms. The quantitative estimate of drug-likeness (QED) is 0.0957. The molecule has 7 rings (SSSR count). The molecule has 2 aromatic heterocycles. The van der Waals surface area contributed by atoms with Crippen LogP contribution in [0.2, 0.25) is 0 Å². The van der Waals surface area contributed by atoms with Crippen molar-refractivity contribution >= 4 is 5.97 Å². The normalized spacial score (nSPS) is 11.4. The molecule has 8 nitrogen and oxygen atoms in total. The fourth-order valence-electron chi connectivity index (χ4n) is 7.10. The molecule has 0 aliphatic rings. The van der Waals surface area contributed by atoms with Crippen LogP contribution in [0.3, 0.4) is 0 Å². The summed E-state index contributed by atoms with van der Waals surface area (Å²) in [6.45, 7) is 4.65. The Kier molecular flexibility index (Phi) is 9.65. The number of carbonyl (C=O) groups excluding carboxylic acids is 1. The number of methoxy groups -OCH3 is 1. The van der Waals surface area contributed by atoms with Gasteiger partial charge in [-0.15, -0.1) is 5.10 Å². The molecule has 254 valence electrons. The lowest BCUT2D eigenvalue weighted by molar-refractivity contribution is 0.0587. The summed E-state index contributed by atoms with van der Waals surface area (Å²) in [6, 6.07) is 48.0. The highest BCUT2D eigenvalue weighted by molar-refractivity contribution is 5.89. The predicted octanol–water partition coefficient (Wildman–Crippen LogP) is 8.39. The molecule has 5 aromatic carbocycles. The highest BCUT2D eigenvalue weighted by Gasteiger charge is 2.42. The zero-order chi connectivity index (χ0) is 35.2. The number of ether oxygens (including phenoxy) is 1. The number of hydrogen-bond acceptors (Lipinski definition) is 6. The summed E-state index contributed by atoms with van der Waals surface area (Å²) in [4.78, 5) is 17.7. The van der Waals surface area contributed by atoms with Crippen LogP contribution >= 0.6 is 0 Å². The highest BCUT2D eigenvalue weighted by Crippen LogP contribution is 2.43. The Hall–Kier alpha value is -6.15. The summed E-state index contributed by atoms with van der Waals surface area (Å²) in [6.07, 6.45) is 2.36. The zero-order valence-corrected chi connectivity index (χ0v) is 29.1. The minimum atomic E-state index is -0.866. The van der Waals surface area contributed by atoms with E-state index in [4.69, 9.17) is 20.0 Å². The van der Waals surface area contributed by atoms with Gasteiger partial charge in [-0.3, -0.25) is 0 Å². The van der Waals surface area contributed by atoms with Crippen LogP contribution in [0.5, 0.6) is 0 Å². The number of esters is 1. The van der Waals surface area contributed by atoms with Crippen molar-refractivity contribution in [1.82, 2.24) is 29.8 Å². The van der Waals surface area contributed by atoms with E-state index < -0.39 is 5.54 Å². The maximum absolute atomic E-state index is 12.9. The van der Waals surface area contributed by atoms with Crippen molar-refractivity contribution in [3.8, 4) is 22.5 Å². The summed E-state index contributed by atoms with van der Waals surface area (Å²) >= 11 is 0. The molecule has 0 amide bonds. The van der Waals surface area contributed by atoms with Crippen molar-refractivity contribution in [3.05, 3.63) is 179 Å². The van der Waals surface area contributed by atoms with Crippen LogP contribution in [0.15, 0.2) is 140 Å². The van der Waals surface area contributed by atoms with Crippen molar-refractivity contribution in [2.45, 2.75) is 45.2 Å². The molecule has 0 saturated carbocycles. The van der Waals surface area contributed by atoms with Gasteiger partial charge in [-0.1, -0.05) is 153 Å². The fourth-order valence-corrected chi connectivity index (χ4v) is 7.10. The highest BCUT2D eigenvalue weighted by atomic mass is 16.5. The lowest BCUT2D eigenvalue weighted by atomic mass is 9.77. The molecular formula is C43H40N6O2. The Morgan fingerprint density at radius 1 is 0.706 bits per heavy atom. The van der Waals surface area contributed by atoms with E-state index in [2.05, 4.69) is 121 Å². The van der Waals surface area contributed by atoms with E-state index in [-0.39, 0.29) is 5.97 Å². The number of rotatable bonds is 12. The van der Waals surface area contributed by atoms with Crippen molar-refractivity contribution in [3.63, 3.8) is 0 Å². The second kappa shape index (κ2) is 14.8. The van der Waals surface area contributed by atoms with Crippen molar-refractivity contribution in [1.29, 1.82) is 0 Å². The maximum atomic E-state index is 12.9. The van der Waals surface area contributed by atoms with Gasteiger partial charge in [0.1, 0.15) is 11.4 Å². The standard InChI is InChI=1S/C43H40N6O2/c1-4-17-39-44-38(5-2)40(42(50)51-3)48(39)30-31-26-28-32(29-27-31)36-24-15-16-25-37(36)41-45-46-47-49(41)43(33-18-9-6-10-19-33,34-20-11-7-12-21-34)35-22-13-8-14-23-35/h6-16,18-29H,4-5,17,30H2,1-3H3. The number of aromatic nitrogens is 6. The lowest BCUT2D eigenvalue weighted by Gasteiger charge is -2.36. The molecule has 8 heteroatoms. The molecule has 0 aliphatic heterocycles. The van der Waals surface area contributed by atoms with Crippen molar-refractivity contribution in [2.24, 2.45) is 0 Å². The van der Waals surface area contributed by atoms with Crippen LogP contribution in [0.1, 0.15) is 64.5 Å². The first kappa shape index (κ1) is 33.4. The van der Waals surface area contributed by atoms with Crippen LogP contribution in [-0.2, 0) is 29.7 Å². The molecular weight excluding hydrogens is 633 g/mol. The van der Waals surface area contributed by atoms with Gasteiger partial charge in [0.2, 0.25) is 0 Å². The minimum absolute atomic E-state index is 0.359. The number of tetrazole rings is 1. The Labute approximate surface area is 298 Å². The van der Waals surface area contributed by atoms with Crippen LogP contribution < -0.4 is 0 Å². The van der Waals surface area contributed by atoms with Gasteiger partial charge in [0.15, 0.2) is 11.5 Å². The zero-order valence-electron chi connectivity index (χ0n) is 29.1. The van der Waals surface area contributed by atoms with Gasteiger partial charge in [-0.2, -0.15) is 0 Å². The Bertz CT molecular complexity index is 2130. The molecule has 51 heavy (non-hydrogen) atoms. The van der Waals surface area contributed by atoms with Gasteiger partial charge < -0.3 is 9.30 Å². The summed E-state index contributed by atoms with van der Waals surface area (Å²) in [5, 5.41) is 13.8. The number of imidazole rings is 1. The smallest absolute Gasteiger partial charge is 0.356 e. The monoisotopic (exact) mass is 672 g/mol. The second-order valence-electron chi connectivity index (χ2n) is 12.5. The molecule has 0 saturated heterocycles. The maximum Gasteiger partial charge on any atom is 0.356 e. The van der Waals surface area contributed by atoms with Crippen LogP contribution in [0, 0.1) is 0 Å². The number of aryl methyl sites for hydroxylation is 2. The SMILES string of the molecule is CCCc1nc(CC)c(C(=O)OC)n1Cc1ccc(-c2ccccc2-c2nnnn2C(c2ccccc2)(c2ccccc2)c2ccccc2)cc1. The molecule has 2 heterocycles. The molecule has 0 unspecified atom stereocenters. The third-order valence-corrected chi connectivity index (χ3v) is 9.44. The molecule has 0 atom stereocenters. The first-order chi connectivity index (χ1) is 25.1. The topological polar surface area (TPSA) is 87.7 Å². The van der Waals surface area contributed by atoms with Crippen LogP contribution in [0.25, 0.3) is 22.5 Å².